The average Bonchev–Trinajstić information content (AvgIpc) is 2.31. The van der Waals surface area contributed by atoms with E-state index in [2.05, 4.69) is 5.32 Å². The monoisotopic (exact) mass is 257 g/mol. The molecule has 0 spiro atoms. The second-order valence-corrected chi connectivity index (χ2v) is 4.42. The molecule has 0 unspecified atom stereocenters. The topological polar surface area (TPSA) is 32.3 Å². The van der Waals surface area contributed by atoms with Crippen molar-refractivity contribution in [1.29, 1.82) is 0 Å². The second kappa shape index (κ2) is 9.00. The van der Waals surface area contributed by atoms with E-state index in [1.54, 1.807) is 0 Å². The molecule has 0 heterocycles. The normalized spacial score (nSPS) is 10.8. The minimum atomic E-state index is -0.519. The molecule has 0 aliphatic heterocycles. The molecule has 0 bridgehead atoms. The van der Waals surface area contributed by atoms with Crippen molar-refractivity contribution in [1.82, 2.24) is 5.32 Å². The Kier molecular flexibility index (Phi) is 7.53. The summed E-state index contributed by atoms with van der Waals surface area (Å²) in [5.74, 6) is -1.04. The van der Waals surface area contributed by atoms with Crippen LogP contribution in [-0.4, -0.2) is 24.8 Å². The average molecular weight is 257 g/mol. The molecule has 2 N–H and O–H groups in total. The minimum Gasteiger partial charge on any atom is -0.396 e. The van der Waals surface area contributed by atoms with E-state index in [4.69, 9.17) is 5.11 Å². The molecule has 1 rings (SSSR count). The highest BCUT2D eigenvalue weighted by atomic mass is 19.1. The number of benzene rings is 1. The molecule has 0 aliphatic rings. The van der Waals surface area contributed by atoms with E-state index in [-0.39, 0.29) is 6.61 Å². The molecule has 1 aromatic rings. The molecule has 0 atom stereocenters. The first kappa shape index (κ1) is 15.1. The molecule has 2 nitrogen and oxygen atoms in total. The summed E-state index contributed by atoms with van der Waals surface area (Å²) in [4.78, 5) is 0. The van der Waals surface area contributed by atoms with Crippen LogP contribution < -0.4 is 5.32 Å². The largest absolute Gasteiger partial charge is 0.396 e. The van der Waals surface area contributed by atoms with Crippen molar-refractivity contribution in [3.05, 3.63) is 35.4 Å². The third kappa shape index (κ3) is 6.67. The summed E-state index contributed by atoms with van der Waals surface area (Å²) in [6.07, 6.45) is 4.71. The predicted molar refractivity (Wildman–Crippen MR) is 68.5 cm³/mol. The summed E-state index contributed by atoms with van der Waals surface area (Å²) in [7, 11) is 0. The molecule has 0 aromatic heterocycles. The van der Waals surface area contributed by atoms with E-state index < -0.39 is 11.6 Å². The van der Waals surface area contributed by atoms with Gasteiger partial charge in [0.25, 0.3) is 0 Å². The van der Waals surface area contributed by atoms with Crippen molar-refractivity contribution in [2.45, 2.75) is 32.1 Å². The number of hydrogen-bond acceptors (Lipinski definition) is 2. The quantitative estimate of drug-likeness (QED) is 0.667. The summed E-state index contributed by atoms with van der Waals surface area (Å²) < 4.78 is 25.8. The lowest BCUT2D eigenvalue weighted by Gasteiger charge is -2.05. The molecule has 0 fully saturated rings. The van der Waals surface area contributed by atoms with Gasteiger partial charge in [-0.3, -0.25) is 0 Å². The molecule has 18 heavy (non-hydrogen) atoms. The van der Waals surface area contributed by atoms with Crippen LogP contribution in [0, 0.1) is 11.6 Å². The van der Waals surface area contributed by atoms with Crippen LogP contribution in [0.2, 0.25) is 0 Å². The van der Waals surface area contributed by atoms with Crippen LogP contribution in [0.1, 0.15) is 31.2 Å². The Morgan fingerprint density at radius 1 is 0.889 bits per heavy atom. The highest BCUT2D eigenvalue weighted by Gasteiger charge is 2.00. The number of aliphatic hydroxyl groups excluding tert-OH is 1. The van der Waals surface area contributed by atoms with E-state index in [1.165, 1.54) is 12.1 Å². The lowest BCUT2D eigenvalue weighted by atomic mass is 10.1. The number of unbranched alkanes of at least 4 members (excludes halogenated alkanes) is 3. The third-order valence-electron chi connectivity index (χ3n) is 2.77. The van der Waals surface area contributed by atoms with E-state index in [1.807, 2.05) is 0 Å². The Morgan fingerprint density at radius 3 is 2.22 bits per heavy atom. The molecular weight excluding hydrogens is 236 g/mol. The zero-order chi connectivity index (χ0) is 13.2. The van der Waals surface area contributed by atoms with Crippen molar-refractivity contribution < 1.29 is 13.9 Å². The Bertz CT molecular complexity index is 324. The fourth-order valence-corrected chi connectivity index (χ4v) is 1.83. The van der Waals surface area contributed by atoms with Crippen LogP contribution in [0.25, 0.3) is 0 Å². The van der Waals surface area contributed by atoms with Gasteiger partial charge in [0.1, 0.15) is 11.6 Å². The highest BCUT2D eigenvalue weighted by molar-refractivity contribution is 5.18. The molecular formula is C14H21F2NO. The Morgan fingerprint density at radius 2 is 1.56 bits per heavy atom. The number of rotatable bonds is 9. The zero-order valence-corrected chi connectivity index (χ0v) is 10.6. The van der Waals surface area contributed by atoms with E-state index in [0.717, 1.165) is 44.8 Å². The Hall–Kier alpha value is -1.00. The first-order valence-electron chi connectivity index (χ1n) is 6.49. The van der Waals surface area contributed by atoms with Crippen LogP contribution in [0.3, 0.4) is 0 Å². The Labute approximate surface area is 107 Å². The van der Waals surface area contributed by atoms with Gasteiger partial charge in [0.05, 0.1) is 0 Å². The van der Waals surface area contributed by atoms with Gasteiger partial charge >= 0.3 is 0 Å². The second-order valence-electron chi connectivity index (χ2n) is 4.42. The maximum Gasteiger partial charge on any atom is 0.126 e. The van der Waals surface area contributed by atoms with Gasteiger partial charge in [-0.15, -0.1) is 0 Å². The summed E-state index contributed by atoms with van der Waals surface area (Å²) in [6.45, 7) is 1.89. The predicted octanol–water partition coefficient (Wildman–Crippen LogP) is 2.65. The molecule has 0 saturated heterocycles. The fourth-order valence-electron chi connectivity index (χ4n) is 1.83. The maximum absolute atomic E-state index is 12.9. The number of aliphatic hydroxyl groups is 1. The van der Waals surface area contributed by atoms with Crippen molar-refractivity contribution >= 4 is 0 Å². The standard InChI is InChI=1S/C14H21F2NO/c15-13-9-12(10-14(16)11-13)5-7-17-6-3-1-2-4-8-18/h9-11,17-18H,1-8H2. The summed E-state index contributed by atoms with van der Waals surface area (Å²) >= 11 is 0. The van der Waals surface area contributed by atoms with Crippen LogP contribution in [-0.2, 0) is 6.42 Å². The first-order chi connectivity index (χ1) is 8.72. The van der Waals surface area contributed by atoms with Gasteiger partial charge in [-0.05, 0) is 50.0 Å². The van der Waals surface area contributed by atoms with Crippen LogP contribution in [0.4, 0.5) is 8.78 Å². The van der Waals surface area contributed by atoms with E-state index in [0.29, 0.717) is 12.0 Å². The van der Waals surface area contributed by atoms with Crippen molar-refractivity contribution in [2.75, 3.05) is 19.7 Å². The lowest BCUT2D eigenvalue weighted by molar-refractivity contribution is 0.282. The number of hydrogen-bond donors (Lipinski definition) is 2. The highest BCUT2D eigenvalue weighted by Crippen LogP contribution is 2.08. The zero-order valence-electron chi connectivity index (χ0n) is 10.6. The molecule has 0 radical (unpaired) electrons. The number of halogens is 2. The van der Waals surface area contributed by atoms with Gasteiger partial charge in [0.2, 0.25) is 0 Å². The molecule has 1 aromatic carbocycles. The van der Waals surface area contributed by atoms with Crippen LogP contribution in [0.5, 0.6) is 0 Å². The van der Waals surface area contributed by atoms with Gasteiger partial charge in [-0.25, -0.2) is 8.78 Å². The van der Waals surface area contributed by atoms with Crippen LogP contribution in [0.15, 0.2) is 18.2 Å². The van der Waals surface area contributed by atoms with Gasteiger partial charge in [0, 0.05) is 12.7 Å². The van der Waals surface area contributed by atoms with E-state index >= 15 is 0 Å². The fraction of sp³-hybridized carbons (Fsp3) is 0.571. The summed E-state index contributed by atoms with van der Waals surface area (Å²) in [5, 5.41) is 11.8. The smallest absolute Gasteiger partial charge is 0.126 e. The van der Waals surface area contributed by atoms with Crippen molar-refractivity contribution in [2.24, 2.45) is 0 Å². The lowest BCUT2D eigenvalue weighted by Crippen LogP contribution is -2.18. The molecule has 0 aliphatic carbocycles. The maximum atomic E-state index is 12.9. The van der Waals surface area contributed by atoms with Gasteiger partial charge < -0.3 is 10.4 Å². The van der Waals surface area contributed by atoms with Gasteiger partial charge in [0.15, 0.2) is 0 Å². The van der Waals surface area contributed by atoms with Crippen molar-refractivity contribution in [3.63, 3.8) is 0 Å². The molecule has 0 saturated carbocycles. The molecule has 102 valence electrons. The van der Waals surface area contributed by atoms with Gasteiger partial charge in [-0.1, -0.05) is 12.8 Å². The molecule has 0 amide bonds. The van der Waals surface area contributed by atoms with Crippen molar-refractivity contribution in [3.8, 4) is 0 Å². The minimum absolute atomic E-state index is 0.262. The SMILES string of the molecule is OCCCCCCNCCc1cc(F)cc(F)c1. The van der Waals surface area contributed by atoms with Gasteiger partial charge in [-0.2, -0.15) is 0 Å². The first-order valence-corrected chi connectivity index (χ1v) is 6.49. The molecule has 4 heteroatoms. The number of nitrogens with one attached hydrogen (secondary N) is 1. The summed E-state index contributed by atoms with van der Waals surface area (Å²) in [6, 6.07) is 3.62. The summed E-state index contributed by atoms with van der Waals surface area (Å²) in [5.41, 5.74) is 0.681. The van der Waals surface area contributed by atoms with E-state index in [9.17, 15) is 8.78 Å². The third-order valence-corrected chi connectivity index (χ3v) is 2.77. The van der Waals surface area contributed by atoms with Crippen LogP contribution >= 0.6 is 0 Å². The Balaban J connectivity index is 2.07.